The predicted molar refractivity (Wildman–Crippen MR) is 137 cm³/mol. The Morgan fingerprint density at radius 1 is 1.30 bits per heavy atom. The Balaban J connectivity index is 0.000000541. The van der Waals surface area contributed by atoms with Gasteiger partial charge >= 0.3 is 20.0 Å². The van der Waals surface area contributed by atoms with Crippen LogP contribution in [0.1, 0.15) is 31.2 Å². The number of hydrogen-bond acceptors (Lipinski definition) is 12. The highest BCUT2D eigenvalue weighted by molar-refractivity contribution is 7.48. The van der Waals surface area contributed by atoms with Crippen LogP contribution < -0.4 is 10.5 Å². The van der Waals surface area contributed by atoms with Crippen molar-refractivity contribution in [2.75, 3.05) is 26.1 Å². The minimum absolute atomic E-state index is 0.0104. The first-order valence-corrected chi connectivity index (χ1v) is 13.9. The molecule has 0 amide bonds. The number of phosphoric acid groups is 1. The molecular weight excluding hydrogens is 611 g/mol. The minimum atomic E-state index is -5.08. The molecule has 0 bridgehead atoms. The van der Waals surface area contributed by atoms with Gasteiger partial charge in [0, 0.05) is 18.2 Å². The lowest BCUT2D eigenvalue weighted by atomic mass is 9.96. The maximum atomic E-state index is 14.4. The van der Waals surface area contributed by atoms with Gasteiger partial charge in [-0.25, -0.2) is 23.7 Å². The van der Waals surface area contributed by atoms with E-state index in [0.717, 1.165) is 0 Å². The number of carbonyl (C=O) groups is 1. The fourth-order valence-corrected chi connectivity index (χ4v) is 5.79. The number of rotatable bonds is 6. The number of anilines is 1. The summed E-state index contributed by atoms with van der Waals surface area (Å²) in [5.74, 6) is -2.64. The van der Waals surface area contributed by atoms with Crippen LogP contribution in [-0.2, 0) is 27.7 Å². The van der Waals surface area contributed by atoms with E-state index in [2.05, 4.69) is 9.97 Å². The maximum Gasteiger partial charge on any atom is 0.490 e. The van der Waals surface area contributed by atoms with Gasteiger partial charge in [0.15, 0.2) is 6.23 Å². The number of aliphatic carboxylic acids is 1. The summed E-state index contributed by atoms with van der Waals surface area (Å²) in [6.07, 6.45) is -6.46. The van der Waals surface area contributed by atoms with Gasteiger partial charge in [-0.1, -0.05) is 0 Å². The number of alkyl halides is 3. The number of nitrogens with two attached hydrogens (primary N) is 1. The van der Waals surface area contributed by atoms with E-state index >= 15 is 0 Å². The Hall–Kier alpha value is -3.38. The first-order chi connectivity index (χ1) is 20.1. The van der Waals surface area contributed by atoms with E-state index in [4.69, 9.17) is 38.7 Å². The number of aromatic nitrogens is 3. The summed E-state index contributed by atoms with van der Waals surface area (Å²) in [6.45, 7) is 0.953. The SMILES string of the molecule is COc1ccc(F)c([C@@H]2CCO[P@](=O)(OC[C@H]3O[C@@H](n4ccc5c(N)ncnc54)[C@](C)(O)[C@@H]3O)O2)c1.O=C(O)C(F)(F)F. The van der Waals surface area contributed by atoms with Crippen molar-refractivity contribution in [2.24, 2.45) is 0 Å². The van der Waals surface area contributed by atoms with Crippen LogP contribution >= 0.6 is 7.82 Å². The van der Waals surface area contributed by atoms with Crippen LogP contribution in [0.5, 0.6) is 5.75 Å². The van der Waals surface area contributed by atoms with Crippen molar-refractivity contribution in [1.29, 1.82) is 0 Å². The number of nitrogens with zero attached hydrogens (tertiary/aromatic N) is 3. The van der Waals surface area contributed by atoms with Gasteiger partial charge in [0.1, 0.15) is 47.2 Å². The molecule has 2 aliphatic rings. The molecule has 43 heavy (non-hydrogen) atoms. The standard InChI is InChI=1S/C22H26FN4O8P.C2HF3O2/c1-22(29)18(28)17(34-21(22)27-7-5-13-19(24)25-11-26-20(13)27)10-33-36(30)32-8-6-16(35-36)14-9-12(31-2)3-4-15(14)23;3-2(4,5)1(6)7/h3-5,7,9,11,16-18,21,28-29H,6,8,10H2,1-2H3,(H2,24,25,26);(H,6,7)/t16-,17+,18+,21+,22+,36+;/m0./s1. The van der Waals surface area contributed by atoms with Gasteiger partial charge in [0.2, 0.25) is 0 Å². The third-order valence-corrected chi connectivity index (χ3v) is 8.10. The van der Waals surface area contributed by atoms with Crippen molar-refractivity contribution >= 4 is 30.6 Å². The third kappa shape index (κ3) is 6.90. The Kier molecular flexibility index (Phi) is 9.32. The van der Waals surface area contributed by atoms with Crippen LogP contribution in [0.4, 0.5) is 23.4 Å². The maximum absolute atomic E-state index is 14.4. The van der Waals surface area contributed by atoms with E-state index in [-0.39, 0.29) is 24.4 Å². The molecule has 0 saturated carbocycles. The van der Waals surface area contributed by atoms with Crippen molar-refractivity contribution in [3.05, 3.63) is 48.2 Å². The van der Waals surface area contributed by atoms with Crippen molar-refractivity contribution < 1.29 is 65.3 Å². The third-order valence-electron chi connectivity index (χ3n) is 6.62. The molecule has 14 nitrogen and oxygen atoms in total. The molecule has 0 spiro atoms. The number of aliphatic hydroxyl groups is 2. The molecule has 2 fully saturated rings. The van der Waals surface area contributed by atoms with Gasteiger partial charge in [-0.3, -0.25) is 13.6 Å². The van der Waals surface area contributed by atoms with Gasteiger partial charge in [0.05, 0.1) is 31.8 Å². The van der Waals surface area contributed by atoms with Crippen LogP contribution in [-0.4, -0.2) is 80.1 Å². The van der Waals surface area contributed by atoms with E-state index in [1.54, 1.807) is 12.3 Å². The predicted octanol–water partition coefficient (Wildman–Crippen LogP) is 3.11. The molecule has 0 radical (unpaired) electrons. The molecular formula is C24H27F4N4O10P. The van der Waals surface area contributed by atoms with E-state index in [1.165, 1.54) is 43.1 Å². The quantitative estimate of drug-likeness (QED) is 0.227. The molecule has 2 aromatic heterocycles. The number of halogens is 4. The zero-order valence-electron chi connectivity index (χ0n) is 22.5. The molecule has 5 rings (SSSR count). The number of fused-ring (bicyclic) bond motifs is 1. The highest BCUT2D eigenvalue weighted by Gasteiger charge is 2.54. The number of hydrogen-bond donors (Lipinski definition) is 4. The molecule has 3 aromatic rings. The largest absolute Gasteiger partial charge is 0.497 e. The van der Waals surface area contributed by atoms with Crippen LogP contribution in [0.15, 0.2) is 36.8 Å². The molecule has 6 atom stereocenters. The number of ether oxygens (including phenoxy) is 2. The molecule has 0 unspecified atom stereocenters. The fourth-order valence-electron chi connectivity index (χ4n) is 4.41. The topological polar surface area (TPSA) is 198 Å². The lowest BCUT2D eigenvalue weighted by Crippen LogP contribution is -2.44. The first kappa shape index (κ1) is 32.5. The normalized spacial score (nSPS) is 29.2. The Labute approximate surface area is 240 Å². The molecule has 4 heterocycles. The number of methoxy groups -OCH3 is 1. The molecule has 2 saturated heterocycles. The summed E-state index contributed by atoms with van der Waals surface area (Å²) < 4.78 is 88.1. The van der Waals surface area contributed by atoms with Crippen molar-refractivity contribution in [1.82, 2.24) is 14.5 Å². The van der Waals surface area contributed by atoms with E-state index in [9.17, 15) is 32.3 Å². The summed E-state index contributed by atoms with van der Waals surface area (Å²) >= 11 is 0. The summed E-state index contributed by atoms with van der Waals surface area (Å²) in [5.41, 5.74) is 4.67. The summed E-state index contributed by atoms with van der Waals surface area (Å²) in [5, 5.41) is 29.5. The second-order valence-electron chi connectivity index (χ2n) is 9.57. The monoisotopic (exact) mass is 638 g/mol. The molecule has 0 aliphatic carbocycles. The Morgan fingerprint density at radius 2 is 2.00 bits per heavy atom. The average molecular weight is 638 g/mol. The van der Waals surface area contributed by atoms with Gasteiger partial charge < -0.3 is 35.1 Å². The molecule has 19 heteroatoms. The number of aliphatic hydroxyl groups excluding tert-OH is 1. The van der Waals surface area contributed by atoms with Gasteiger partial charge in [0.25, 0.3) is 0 Å². The van der Waals surface area contributed by atoms with E-state index in [1.807, 2.05) is 0 Å². The molecule has 1 aromatic carbocycles. The van der Waals surface area contributed by atoms with Crippen LogP contribution in [0.25, 0.3) is 11.0 Å². The van der Waals surface area contributed by atoms with Crippen molar-refractivity contribution in [3.63, 3.8) is 0 Å². The van der Waals surface area contributed by atoms with Crippen LogP contribution in [0, 0.1) is 5.82 Å². The summed E-state index contributed by atoms with van der Waals surface area (Å²) in [7, 11) is -2.70. The van der Waals surface area contributed by atoms with Crippen molar-refractivity contribution in [3.8, 4) is 5.75 Å². The molecule has 236 valence electrons. The average Bonchev–Trinajstić information content (AvgIpc) is 3.46. The first-order valence-electron chi connectivity index (χ1n) is 12.4. The zero-order valence-corrected chi connectivity index (χ0v) is 23.4. The smallest absolute Gasteiger partial charge is 0.490 e. The number of carboxylic acid groups (broad SMARTS) is 1. The van der Waals surface area contributed by atoms with Gasteiger partial charge in [-0.05, 0) is 31.2 Å². The van der Waals surface area contributed by atoms with E-state index < -0.39 is 62.5 Å². The minimum Gasteiger partial charge on any atom is -0.497 e. The lowest BCUT2D eigenvalue weighted by Gasteiger charge is -2.30. The van der Waals surface area contributed by atoms with E-state index in [0.29, 0.717) is 16.8 Å². The zero-order chi connectivity index (χ0) is 31.7. The highest BCUT2D eigenvalue weighted by Crippen LogP contribution is 2.57. The van der Waals surface area contributed by atoms with Crippen LogP contribution in [0.3, 0.4) is 0 Å². The lowest BCUT2D eigenvalue weighted by molar-refractivity contribution is -0.192. The summed E-state index contributed by atoms with van der Waals surface area (Å²) in [4.78, 5) is 17.0. The highest BCUT2D eigenvalue weighted by atomic mass is 31.2. The van der Waals surface area contributed by atoms with Crippen LogP contribution in [0.2, 0.25) is 0 Å². The number of carboxylic acids is 1. The van der Waals surface area contributed by atoms with Gasteiger partial charge in [-0.15, -0.1) is 0 Å². The molecule has 5 N–H and O–H groups in total. The van der Waals surface area contributed by atoms with Crippen molar-refractivity contribution in [2.45, 2.75) is 49.7 Å². The second-order valence-corrected chi connectivity index (χ2v) is 11.2. The number of phosphoric ester groups is 1. The molecule has 2 aliphatic heterocycles. The number of benzene rings is 1. The Morgan fingerprint density at radius 3 is 2.65 bits per heavy atom. The number of nitrogen functional groups attached to an aromatic ring is 1. The fraction of sp³-hybridized carbons (Fsp3) is 0.458. The van der Waals surface area contributed by atoms with Gasteiger partial charge in [-0.2, -0.15) is 13.2 Å². The second kappa shape index (κ2) is 12.3. The summed E-state index contributed by atoms with van der Waals surface area (Å²) in [6, 6.07) is 5.82. The Bertz CT molecular complexity index is 1520.